The third kappa shape index (κ3) is 4.85. The van der Waals surface area contributed by atoms with Crippen LogP contribution in [0.4, 0.5) is 0 Å². The molecule has 0 N–H and O–H groups in total. The summed E-state index contributed by atoms with van der Waals surface area (Å²) < 4.78 is 46.8. The molecule has 0 saturated carbocycles. The first-order valence-electron chi connectivity index (χ1n) is 10.4. The Balaban J connectivity index is 1.40. The van der Waals surface area contributed by atoms with Crippen LogP contribution >= 0.6 is 11.7 Å². The number of sulfonamides is 1. The van der Waals surface area contributed by atoms with E-state index in [1.165, 1.54) is 10.4 Å². The zero-order valence-corrected chi connectivity index (χ0v) is 19.9. The molecule has 9 nitrogen and oxygen atoms in total. The highest BCUT2D eigenvalue weighted by atomic mass is 32.2. The van der Waals surface area contributed by atoms with Crippen LogP contribution in [0.15, 0.2) is 47.4 Å². The van der Waals surface area contributed by atoms with Crippen molar-refractivity contribution < 1.29 is 22.7 Å². The van der Waals surface area contributed by atoms with Gasteiger partial charge in [-0.15, -0.1) is 0 Å². The second kappa shape index (κ2) is 9.86. The van der Waals surface area contributed by atoms with Crippen molar-refractivity contribution in [2.24, 2.45) is 0 Å². The number of amides is 1. The number of rotatable bonds is 7. The van der Waals surface area contributed by atoms with Crippen LogP contribution in [0.2, 0.25) is 0 Å². The Labute approximate surface area is 196 Å². The number of aromatic nitrogens is 2. The summed E-state index contributed by atoms with van der Waals surface area (Å²) in [6.07, 6.45) is 3.20. The number of nitrogens with zero attached hydrogens (tertiary/aromatic N) is 4. The maximum absolute atomic E-state index is 13.1. The van der Waals surface area contributed by atoms with Gasteiger partial charge in [-0.25, -0.2) is 8.42 Å². The molecule has 174 valence electrons. The van der Waals surface area contributed by atoms with Crippen molar-refractivity contribution >= 4 is 44.8 Å². The van der Waals surface area contributed by atoms with Crippen molar-refractivity contribution in [1.82, 2.24) is 18.0 Å². The van der Waals surface area contributed by atoms with Crippen molar-refractivity contribution in [2.45, 2.75) is 11.8 Å². The number of methoxy groups -OCH3 is 1. The Morgan fingerprint density at radius 1 is 1.12 bits per heavy atom. The van der Waals surface area contributed by atoms with Crippen molar-refractivity contribution in [3.63, 3.8) is 0 Å². The quantitative estimate of drug-likeness (QED) is 0.471. The Kier molecular flexibility index (Phi) is 6.91. The summed E-state index contributed by atoms with van der Waals surface area (Å²) in [5.74, 6) is 1.06. The van der Waals surface area contributed by atoms with Gasteiger partial charge in [-0.2, -0.15) is 13.1 Å². The molecular formula is C22H24N4O5S2. The van der Waals surface area contributed by atoms with Gasteiger partial charge in [0.25, 0.3) is 0 Å². The SMILES string of the molecule is CCOc1ccc(C=CC(=O)N2CCN(S(=O)(=O)c3cccc4nsnc34)CC2)cc1OC. The lowest BCUT2D eigenvalue weighted by atomic mass is 10.2. The van der Waals surface area contributed by atoms with Gasteiger partial charge in [0, 0.05) is 32.3 Å². The highest BCUT2D eigenvalue weighted by molar-refractivity contribution is 7.89. The molecule has 0 spiro atoms. The third-order valence-electron chi connectivity index (χ3n) is 5.32. The van der Waals surface area contributed by atoms with Gasteiger partial charge in [0.1, 0.15) is 15.9 Å². The van der Waals surface area contributed by atoms with E-state index in [1.807, 2.05) is 13.0 Å². The van der Waals surface area contributed by atoms with Gasteiger partial charge in [-0.05, 0) is 42.8 Å². The van der Waals surface area contributed by atoms with Gasteiger partial charge in [-0.3, -0.25) is 4.79 Å². The minimum Gasteiger partial charge on any atom is -0.493 e. The maximum Gasteiger partial charge on any atom is 0.246 e. The van der Waals surface area contributed by atoms with Crippen LogP contribution in [-0.4, -0.2) is 72.2 Å². The first-order chi connectivity index (χ1) is 15.9. The average Bonchev–Trinajstić information content (AvgIpc) is 3.32. The van der Waals surface area contributed by atoms with Crippen LogP contribution in [0.25, 0.3) is 17.1 Å². The smallest absolute Gasteiger partial charge is 0.246 e. The van der Waals surface area contributed by atoms with Crippen LogP contribution in [0.5, 0.6) is 11.5 Å². The Morgan fingerprint density at radius 3 is 2.64 bits per heavy atom. The molecule has 0 unspecified atom stereocenters. The molecular weight excluding hydrogens is 464 g/mol. The maximum atomic E-state index is 13.1. The molecule has 0 radical (unpaired) electrons. The second-order valence-electron chi connectivity index (χ2n) is 7.29. The lowest BCUT2D eigenvalue weighted by Gasteiger charge is -2.33. The van der Waals surface area contributed by atoms with Crippen molar-refractivity contribution in [3.8, 4) is 11.5 Å². The van der Waals surface area contributed by atoms with Crippen LogP contribution < -0.4 is 9.47 Å². The molecule has 1 aliphatic heterocycles. The van der Waals surface area contributed by atoms with Gasteiger partial charge in [0.05, 0.1) is 25.4 Å². The number of hydrogen-bond acceptors (Lipinski definition) is 8. The van der Waals surface area contributed by atoms with Gasteiger partial charge < -0.3 is 14.4 Å². The largest absolute Gasteiger partial charge is 0.493 e. The Morgan fingerprint density at radius 2 is 1.91 bits per heavy atom. The van der Waals surface area contributed by atoms with E-state index in [4.69, 9.17) is 9.47 Å². The summed E-state index contributed by atoms with van der Waals surface area (Å²) in [6, 6.07) is 10.4. The van der Waals surface area contributed by atoms with E-state index in [1.54, 1.807) is 48.4 Å². The molecule has 3 aromatic rings. The number of carbonyl (C=O) groups is 1. The molecule has 0 aliphatic carbocycles. The van der Waals surface area contributed by atoms with E-state index in [0.29, 0.717) is 42.2 Å². The van der Waals surface area contributed by atoms with E-state index in [0.717, 1.165) is 17.3 Å². The number of ether oxygens (including phenoxy) is 2. The fraction of sp³-hybridized carbons (Fsp3) is 0.318. The summed E-state index contributed by atoms with van der Waals surface area (Å²) in [6.45, 7) is 3.47. The molecule has 1 aliphatic rings. The predicted molar refractivity (Wildman–Crippen MR) is 126 cm³/mol. The van der Waals surface area contributed by atoms with Gasteiger partial charge in [0.2, 0.25) is 15.9 Å². The molecule has 4 rings (SSSR count). The standard InChI is InChI=1S/C22H24N4O5S2/c1-3-31-18-9-7-16(15-19(18)30-2)8-10-21(27)25-11-13-26(14-12-25)33(28,29)20-6-4-5-17-22(20)24-32-23-17/h4-10,15H,3,11-14H2,1-2H3. The van der Waals surface area contributed by atoms with E-state index < -0.39 is 10.0 Å². The van der Waals surface area contributed by atoms with Crippen LogP contribution in [-0.2, 0) is 14.8 Å². The molecule has 1 saturated heterocycles. The predicted octanol–water partition coefficient (Wildman–Crippen LogP) is 2.64. The summed E-state index contributed by atoms with van der Waals surface area (Å²) in [5, 5.41) is 0. The normalized spacial score (nSPS) is 15.3. The number of carbonyl (C=O) groups excluding carboxylic acids is 1. The molecule has 2 aromatic carbocycles. The molecule has 1 aromatic heterocycles. The highest BCUT2D eigenvalue weighted by Gasteiger charge is 2.31. The third-order valence-corrected chi connectivity index (χ3v) is 7.80. The fourth-order valence-electron chi connectivity index (χ4n) is 3.61. The number of piperazine rings is 1. The van der Waals surface area contributed by atoms with Crippen molar-refractivity contribution in [2.75, 3.05) is 39.9 Å². The summed E-state index contributed by atoms with van der Waals surface area (Å²) in [5.41, 5.74) is 1.75. The van der Waals surface area contributed by atoms with Crippen molar-refractivity contribution in [3.05, 3.63) is 48.0 Å². The first-order valence-corrected chi connectivity index (χ1v) is 12.6. The van der Waals surface area contributed by atoms with Crippen LogP contribution in [0.3, 0.4) is 0 Å². The van der Waals surface area contributed by atoms with E-state index in [-0.39, 0.29) is 23.9 Å². The number of hydrogen-bond donors (Lipinski definition) is 0. The van der Waals surface area contributed by atoms with E-state index in [2.05, 4.69) is 8.75 Å². The number of fused-ring (bicyclic) bond motifs is 1. The Hall–Kier alpha value is -3.02. The molecule has 33 heavy (non-hydrogen) atoms. The van der Waals surface area contributed by atoms with Gasteiger partial charge in [-0.1, -0.05) is 12.1 Å². The molecule has 0 atom stereocenters. The topological polar surface area (TPSA) is 102 Å². The zero-order chi connectivity index (χ0) is 23.4. The molecule has 11 heteroatoms. The fourth-order valence-corrected chi connectivity index (χ4v) is 5.79. The lowest BCUT2D eigenvalue weighted by molar-refractivity contribution is -0.127. The minimum atomic E-state index is -3.72. The van der Waals surface area contributed by atoms with E-state index in [9.17, 15) is 13.2 Å². The lowest BCUT2D eigenvalue weighted by Crippen LogP contribution is -2.50. The van der Waals surface area contributed by atoms with Crippen molar-refractivity contribution in [1.29, 1.82) is 0 Å². The molecule has 1 fully saturated rings. The average molecular weight is 489 g/mol. The van der Waals surface area contributed by atoms with Crippen LogP contribution in [0.1, 0.15) is 12.5 Å². The van der Waals surface area contributed by atoms with Crippen LogP contribution in [0, 0.1) is 0 Å². The molecule has 1 amide bonds. The highest BCUT2D eigenvalue weighted by Crippen LogP contribution is 2.29. The number of benzene rings is 2. The van der Waals surface area contributed by atoms with Gasteiger partial charge in [0.15, 0.2) is 11.5 Å². The van der Waals surface area contributed by atoms with Gasteiger partial charge >= 0.3 is 0 Å². The summed E-state index contributed by atoms with van der Waals surface area (Å²) in [7, 11) is -2.16. The molecule has 2 heterocycles. The molecule has 0 bridgehead atoms. The second-order valence-corrected chi connectivity index (χ2v) is 9.73. The minimum absolute atomic E-state index is 0.151. The monoisotopic (exact) mass is 488 g/mol. The zero-order valence-electron chi connectivity index (χ0n) is 18.3. The summed E-state index contributed by atoms with van der Waals surface area (Å²) >= 11 is 0.985. The Bertz CT molecular complexity index is 1280. The first kappa shape index (κ1) is 23.1. The summed E-state index contributed by atoms with van der Waals surface area (Å²) in [4.78, 5) is 14.4. The van der Waals surface area contributed by atoms with E-state index >= 15 is 0 Å².